The molecule has 150 valence electrons. The zero-order valence-electron chi connectivity index (χ0n) is 16.5. The summed E-state index contributed by atoms with van der Waals surface area (Å²) in [6.07, 6.45) is 3.30. The zero-order valence-corrected chi connectivity index (χ0v) is 16.5. The van der Waals surface area contributed by atoms with Gasteiger partial charge in [0, 0.05) is 38.8 Å². The molecule has 1 unspecified atom stereocenters. The van der Waals surface area contributed by atoms with E-state index in [4.69, 9.17) is 4.42 Å². The number of H-pyrrole nitrogens is 1. The molecule has 9 heteroatoms. The van der Waals surface area contributed by atoms with Crippen LogP contribution >= 0.6 is 0 Å². The van der Waals surface area contributed by atoms with E-state index in [-0.39, 0.29) is 0 Å². The van der Waals surface area contributed by atoms with Gasteiger partial charge in [-0.25, -0.2) is 4.98 Å². The first-order chi connectivity index (χ1) is 13.7. The lowest BCUT2D eigenvalue weighted by atomic mass is 10.2. The molecule has 0 bridgehead atoms. The fourth-order valence-electron chi connectivity index (χ4n) is 3.51. The molecule has 1 fully saturated rings. The number of imidazole rings is 1. The highest BCUT2D eigenvalue weighted by atomic mass is 16.3. The average molecular weight is 384 g/mol. The fourth-order valence-corrected chi connectivity index (χ4v) is 3.51. The Morgan fingerprint density at radius 1 is 1.21 bits per heavy atom. The van der Waals surface area contributed by atoms with Gasteiger partial charge < -0.3 is 24.9 Å². The molecule has 3 N–H and O–H groups in total. The summed E-state index contributed by atoms with van der Waals surface area (Å²) in [4.78, 5) is 21.6. The molecular weight excluding hydrogens is 356 g/mol. The fraction of sp³-hybridized carbons (Fsp3) is 0.526. The van der Waals surface area contributed by atoms with Gasteiger partial charge in [-0.15, -0.1) is 0 Å². The lowest BCUT2D eigenvalue weighted by Crippen LogP contribution is -2.51. The van der Waals surface area contributed by atoms with Gasteiger partial charge in [-0.1, -0.05) is 6.92 Å². The second kappa shape index (κ2) is 8.57. The molecule has 1 atom stereocenters. The van der Waals surface area contributed by atoms with Crippen LogP contribution in [-0.2, 0) is 6.54 Å². The van der Waals surface area contributed by atoms with Crippen molar-refractivity contribution in [2.45, 2.75) is 26.4 Å². The maximum atomic E-state index is 5.38. The standard InChI is InChI=1S/C19H28N8O/c1-3-26-6-8-27(9-7-26)14(2)11-21-19-24-17(16-18(25-19)23-13-22-16)20-12-15-5-4-10-28-15/h4-5,10,13-14H,3,6-9,11-12H2,1-2H3,(H3,20,21,22,23,24,25). The molecule has 9 nitrogen and oxygen atoms in total. The second-order valence-electron chi connectivity index (χ2n) is 7.13. The third-order valence-electron chi connectivity index (χ3n) is 5.33. The van der Waals surface area contributed by atoms with Crippen LogP contribution in [0.4, 0.5) is 11.8 Å². The first-order valence-electron chi connectivity index (χ1n) is 9.90. The molecule has 0 spiro atoms. The molecule has 0 aromatic carbocycles. The highest BCUT2D eigenvalue weighted by Gasteiger charge is 2.20. The van der Waals surface area contributed by atoms with Crippen LogP contribution in [0.25, 0.3) is 11.2 Å². The number of piperazine rings is 1. The number of hydrogen-bond acceptors (Lipinski definition) is 8. The van der Waals surface area contributed by atoms with E-state index in [0.717, 1.165) is 50.5 Å². The summed E-state index contributed by atoms with van der Waals surface area (Å²) in [6, 6.07) is 4.21. The van der Waals surface area contributed by atoms with Gasteiger partial charge in [-0.3, -0.25) is 4.90 Å². The van der Waals surface area contributed by atoms with Crippen LogP contribution < -0.4 is 10.6 Å². The Labute approximate surface area is 164 Å². The predicted octanol–water partition coefficient (Wildman–Crippen LogP) is 2.00. The van der Waals surface area contributed by atoms with Crippen molar-refractivity contribution >= 4 is 22.9 Å². The van der Waals surface area contributed by atoms with Gasteiger partial charge in [-0.2, -0.15) is 9.97 Å². The van der Waals surface area contributed by atoms with Gasteiger partial charge in [0.2, 0.25) is 5.95 Å². The van der Waals surface area contributed by atoms with Crippen LogP contribution in [-0.4, -0.2) is 75.0 Å². The van der Waals surface area contributed by atoms with Crippen LogP contribution in [0, 0.1) is 0 Å². The Bertz CT molecular complexity index is 869. The number of nitrogens with zero attached hydrogens (tertiary/aromatic N) is 5. The van der Waals surface area contributed by atoms with Crippen LogP contribution in [0.2, 0.25) is 0 Å². The van der Waals surface area contributed by atoms with Crippen LogP contribution in [0.15, 0.2) is 29.1 Å². The highest BCUT2D eigenvalue weighted by Crippen LogP contribution is 2.19. The highest BCUT2D eigenvalue weighted by molar-refractivity contribution is 5.83. The largest absolute Gasteiger partial charge is 0.467 e. The summed E-state index contributed by atoms with van der Waals surface area (Å²) in [5, 5.41) is 6.69. The first kappa shape index (κ1) is 18.7. The molecule has 1 saturated heterocycles. The monoisotopic (exact) mass is 384 g/mol. The van der Waals surface area contributed by atoms with Crippen molar-refractivity contribution in [2.75, 3.05) is 49.9 Å². The summed E-state index contributed by atoms with van der Waals surface area (Å²) in [7, 11) is 0. The Kier molecular flexibility index (Phi) is 5.73. The Hall–Kier alpha value is -2.65. The van der Waals surface area contributed by atoms with E-state index in [1.54, 1.807) is 12.6 Å². The Morgan fingerprint density at radius 2 is 2.07 bits per heavy atom. The summed E-state index contributed by atoms with van der Waals surface area (Å²) in [6.45, 7) is 11.4. The van der Waals surface area contributed by atoms with E-state index < -0.39 is 0 Å². The molecular formula is C19H28N8O. The van der Waals surface area contributed by atoms with Gasteiger partial charge >= 0.3 is 0 Å². The van der Waals surface area contributed by atoms with Crippen LogP contribution in [0.3, 0.4) is 0 Å². The third kappa shape index (κ3) is 4.26. The van der Waals surface area contributed by atoms with E-state index in [0.29, 0.717) is 30.0 Å². The lowest BCUT2D eigenvalue weighted by molar-refractivity contribution is 0.110. The quantitative estimate of drug-likeness (QED) is 0.542. The number of anilines is 2. The molecule has 0 radical (unpaired) electrons. The molecule has 1 aliphatic rings. The number of fused-ring (bicyclic) bond motifs is 1. The molecule has 28 heavy (non-hydrogen) atoms. The Balaban J connectivity index is 1.39. The lowest BCUT2D eigenvalue weighted by Gasteiger charge is -2.37. The molecule has 1 aliphatic heterocycles. The summed E-state index contributed by atoms with van der Waals surface area (Å²) in [5.41, 5.74) is 1.43. The normalized spacial score (nSPS) is 17.1. The maximum absolute atomic E-state index is 5.38. The Morgan fingerprint density at radius 3 is 2.82 bits per heavy atom. The van der Waals surface area contributed by atoms with Crippen molar-refractivity contribution in [1.29, 1.82) is 0 Å². The first-order valence-corrected chi connectivity index (χ1v) is 9.90. The SMILES string of the molecule is CCN1CCN(C(C)CNc2nc(NCc3ccco3)c3[nH]cnc3n2)CC1. The second-order valence-corrected chi connectivity index (χ2v) is 7.13. The van der Waals surface area contributed by atoms with Crippen molar-refractivity contribution in [3.63, 3.8) is 0 Å². The molecule has 3 aromatic rings. The maximum Gasteiger partial charge on any atom is 0.226 e. The summed E-state index contributed by atoms with van der Waals surface area (Å²) < 4.78 is 5.38. The number of aromatic amines is 1. The van der Waals surface area contributed by atoms with E-state index in [9.17, 15) is 0 Å². The zero-order chi connectivity index (χ0) is 19.3. The number of likely N-dealkylation sites (N-methyl/N-ethyl adjacent to an activating group) is 1. The van der Waals surface area contributed by atoms with Gasteiger partial charge in [-0.05, 0) is 25.6 Å². The molecule has 3 aromatic heterocycles. The van der Waals surface area contributed by atoms with E-state index in [1.165, 1.54) is 0 Å². The molecule has 0 aliphatic carbocycles. The van der Waals surface area contributed by atoms with Gasteiger partial charge in [0.05, 0.1) is 19.1 Å². The van der Waals surface area contributed by atoms with Gasteiger partial charge in [0.1, 0.15) is 11.3 Å². The van der Waals surface area contributed by atoms with E-state index in [2.05, 4.69) is 54.2 Å². The van der Waals surface area contributed by atoms with Crippen molar-refractivity contribution in [3.8, 4) is 0 Å². The van der Waals surface area contributed by atoms with Crippen LogP contribution in [0.5, 0.6) is 0 Å². The predicted molar refractivity (Wildman–Crippen MR) is 109 cm³/mol. The topological polar surface area (TPSA) is 98.1 Å². The number of furan rings is 1. The van der Waals surface area contributed by atoms with Crippen LogP contribution in [0.1, 0.15) is 19.6 Å². The molecule has 0 saturated carbocycles. The van der Waals surface area contributed by atoms with E-state index in [1.807, 2.05) is 12.1 Å². The van der Waals surface area contributed by atoms with Crippen molar-refractivity contribution in [1.82, 2.24) is 29.7 Å². The number of hydrogen-bond donors (Lipinski definition) is 3. The van der Waals surface area contributed by atoms with Crippen molar-refractivity contribution in [2.24, 2.45) is 0 Å². The minimum Gasteiger partial charge on any atom is -0.467 e. The van der Waals surface area contributed by atoms with Crippen molar-refractivity contribution < 1.29 is 4.42 Å². The summed E-state index contributed by atoms with van der Waals surface area (Å²) >= 11 is 0. The minimum absolute atomic E-state index is 0.414. The van der Waals surface area contributed by atoms with Crippen molar-refractivity contribution in [3.05, 3.63) is 30.5 Å². The number of rotatable bonds is 8. The smallest absolute Gasteiger partial charge is 0.226 e. The van der Waals surface area contributed by atoms with E-state index >= 15 is 0 Å². The molecule has 4 heterocycles. The molecule has 4 rings (SSSR count). The third-order valence-corrected chi connectivity index (χ3v) is 5.33. The van der Waals surface area contributed by atoms with Gasteiger partial charge in [0.15, 0.2) is 11.5 Å². The minimum atomic E-state index is 0.414. The average Bonchev–Trinajstić information content (AvgIpc) is 3.42. The number of aromatic nitrogens is 4. The van der Waals surface area contributed by atoms with Gasteiger partial charge in [0.25, 0.3) is 0 Å². The molecule has 0 amide bonds. The number of nitrogens with one attached hydrogen (secondary N) is 3. The summed E-state index contributed by atoms with van der Waals surface area (Å²) in [5.74, 6) is 2.15.